The van der Waals surface area contributed by atoms with Crippen molar-refractivity contribution in [2.24, 2.45) is 5.73 Å². The minimum Gasteiger partial charge on any atom is -0.323 e. The molecule has 0 aromatic heterocycles. The first-order valence-corrected chi connectivity index (χ1v) is 6.47. The predicted molar refractivity (Wildman–Crippen MR) is 72.5 cm³/mol. The number of benzene rings is 1. The molecule has 106 valence electrons. The van der Waals surface area contributed by atoms with Gasteiger partial charge in [0.25, 0.3) is 0 Å². The van der Waals surface area contributed by atoms with Crippen LogP contribution in [0.5, 0.6) is 0 Å². The van der Waals surface area contributed by atoms with Crippen LogP contribution in [0.1, 0.15) is 12.0 Å². The first-order valence-electron chi connectivity index (χ1n) is 6.47. The highest BCUT2D eigenvalue weighted by molar-refractivity contribution is 6.03. The maximum absolute atomic E-state index is 12.1. The van der Waals surface area contributed by atoms with E-state index in [9.17, 15) is 14.4 Å². The minimum absolute atomic E-state index is 0.108. The summed E-state index contributed by atoms with van der Waals surface area (Å²) < 4.78 is 0. The lowest BCUT2D eigenvalue weighted by atomic mass is 10.0. The zero-order chi connectivity index (χ0) is 14.5. The maximum Gasteiger partial charge on any atom is 0.246 e. The van der Waals surface area contributed by atoms with Gasteiger partial charge in [0, 0.05) is 0 Å². The second-order valence-electron chi connectivity index (χ2n) is 4.80. The van der Waals surface area contributed by atoms with E-state index in [1.54, 1.807) is 0 Å². The summed E-state index contributed by atoms with van der Waals surface area (Å²) in [6.45, 7) is -0.215. The molecule has 6 heteroatoms. The first kappa shape index (κ1) is 14.2. The lowest BCUT2D eigenvalue weighted by molar-refractivity contribution is -0.146. The quantitative estimate of drug-likeness (QED) is 0.720. The van der Waals surface area contributed by atoms with Gasteiger partial charge in [0.05, 0.1) is 6.04 Å². The Morgan fingerprint density at radius 1 is 1.20 bits per heavy atom. The summed E-state index contributed by atoms with van der Waals surface area (Å²) in [6, 6.07) is 9.01. The number of nitrogens with two attached hydrogens (primary N) is 1. The Bertz CT molecular complexity index is 500. The summed E-state index contributed by atoms with van der Waals surface area (Å²) in [5.41, 5.74) is 6.95. The van der Waals surface area contributed by atoms with E-state index in [0.717, 1.165) is 5.56 Å². The van der Waals surface area contributed by atoms with Crippen molar-refractivity contribution in [1.29, 1.82) is 0 Å². The van der Waals surface area contributed by atoms with Gasteiger partial charge in [-0.25, -0.2) is 0 Å². The number of carbonyl (C=O) groups is 3. The normalized spacial score (nSPS) is 16.8. The van der Waals surface area contributed by atoms with Crippen LogP contribution in [0.3, 0.4) is 0 Å². The van der Waals surface area contributed by atoms with Crippen molar-refractivity contribution in [3.63, 3.8) is 0 Å². The van der Waals surface area contributed by atoms with Crippen molar-refractivity contribution in [2.45, 2.75) is 18.9 Å². The number of carbonyl (C=O) groups excluding carboxylic acids is 3. The second-order valence-corrected chi connectivity index (χ2v) is 4.80. The molecule has 6 nitrogen and oxygen atoms in total. The monoisotopic (exact) mass is 275 g/mol. The van der Waals surface area contributed by atoms with Crippen LogP contribution in [0.2, 0.25) is 0 Å². The summed E-state index contributed by atoms with van der Waals surface area (Å²) >= 11 is 0. The van der Waals surface area contributed by atoms with Gasteiger partial charge in [-0.2, -0.15) is 0 Å². The van der Waals surface area contributed by atoms with Crippen LogP contribution in [-0.4, -0.2) is 41.8 Å². The SMILES string of the molecule is NC(CCc1ccccc1)C(=O)N1CC(=O)NC(=O)C1. The molecule has 1 heterocycles. The van der Waals surface area contributed by atoms with Gasteiger partial charge in [-0.15, -0.1) is 0 Å². The van der Waals surface area contributed by atoms with Crippen molar-refractivity contribution in [3.05, 3.63) is 35.9 Å². The minimum atomic E-state index is -0.700. The topological polar surface area (TPSA) is 92.5 Å². The Labute approximate surface area is 116 Å². The number of piperazine rings is 1. The third-order valence-corrected chi connectivity index (χ3v) is 3.16. The summed E-state index contributed by atoms with van der Waals surface area (Å²) in [6.07, 6.45) is 1.16. The van der Waals surface area contributed by atoms with E-state index in [-0.39, 0.29) is 19.0 Å². The molecule has 1 aliphatic rings. The highest BCUT2D eigenvalue weighted by Gasteiger charge is 2.29. The summed E-state index contributed by atoms with van der Waals surface area (Å²) in [5, 5.41) is 2.15. The van der Waals surface area contributed by atoms with E-state index >= 15 is 0 Å². The van der Waals surface area contributed by atoms with E-state index in [2.05, 4.69) is 5.32 Å². The van der Waals surface area contributed by atoms with Crippen molar-refractivity contribution in [1.82, 2.24) is 10.2 Å². The zero-order valence-corrected chi connectivity index (χ0v) is 11.0. The van der Waals surface area contributed by atoms with Gasteiger partial charge in [-0.1, -0.05) is 30.3 Å². The van der Waals surface area contributed by atoms with Gasteiger partial charge in [0.15, 0.2) is 0 Å². The molecule has 1 unspecified atom stereocenters. The van der Waals surface area contributed by atoms with Crippen LogP contribution in [0.4, 0.5) is 0 Å². The van der Waals surface area contributed by atoms with Gasteiger partial charge < -0.3 is 10.6 Å². The van der Waals surface area contributed by atoms with Gasteiger partial charge in [-0.05, 0) is 18.4 Å². The highest BCUT2D eigenvalue weighted by atomic mass is 16.2. The summed E-state index contributed by atoms with van der Waals surface area (Å²) in [4.78, 5) is 35.7. The predicted octanol–water partition coefficient (Wildman–Crippen LogP) is -0.568. The molecule has 2 rings (SSSR count). The number of nitrogens with one attached hydrogen (secondary N) is 1. The fraction of sp³-hybridized carbons (Fsp3) is 0.357. The third-order valence-electron chi connectivity index (χ3n) is 3.16. The van der Waals surface area contributed by atoms with Crippen molar-refractivity contribution < 1.29 is 14.4 Å². The van der Waals surface area contributed by atoms with Gasteiger partial charge in [0.1, 0.15) is 13.1 Å². The second kappa shape index (κ2) is 6.29. The van der Waals surface area contributed by atoms with E-state index in [4.69, 9.17) is 5.73 Å². The number of rotatable bonds is 4. The van der Waals surface area contributed by atoms with E-state index in [1.807, 2.05) is 30.3 Å². The lowest BCUT2D eigenvalue weighted by Gasteiger charge is -2.27. The molecule has 0 bridgehead atoms. The van der Waals surface area contributed by atoms with E-state index in [0.29, 0.717) is 12.8 Å². The molecule has 0 spiro atoms. The standard InChI is InChI=1S/C14H17N3O3/c15-11(7-6-10-4-2-1-3-5-10)14(20)17-8-12(18)16-13(19)9-17/h1-5,11H,6-9,15H2,(H,16,18,19). The number of hydrogen-bond acceptors (Lipinski definition) is 4. The van der Waals surface area contributed by atoms with Crippen molar-refractivity contribution >= 4 is 17.7 Å². The van der Waals surface area contributed by atoms with Crippen LogP contribution in [0, 0.1) is 0 Å². The average molecular weight is 275 g/mol. The average Bonchev–Trinajstić information content (AvgIpc) is 2.44. The fourth-order valence-electron chi connectivity index (χ4n) is 2.12. The number of hydrogen-bond donors (Lipinski definition) is 2. The number of aryl methyl sites for hydroxylation is 1. The molecule has 3 N–H and O–H groups in total. The molecule has 20 heavy (non-hydrogen) atoms. The number of amides is 3. The number of nitrogens with zero attached hydrogens (tertiary/aromatic N) is 1. The Kier molecular flexibility index (Phi) is 4.47. The molecule has 1 aliphatic heterocycles. The molecule has 0 radical (unpaired) electrons. The van der Waals surface area contributed by atoms with E-state index < -0.39 is 17.9 Å². The highest BCUT2D eigenvalue weighted by Crippen LogP contribution is 2.07. The summed E-state index contributed by atoms with van der Waals surface area (Å²) in [7, 11) is 0. The molecule has 1 aromatic carbocycles. The van der Waals surface area contributed by atoms with Crippen LogP contribution in [0.15, 0.2) is 30.3 Å². The van der Waals surface area contributed by atoms with Gasteiger partial charge in [-0.3, -0.25) is 19.7 Å². The molecule has 1 atom stereocenters. The van der Waals surface area contributed by atoms with Crippen LogP contribution in [0.25, 0.3) is 0 Å². The Balaban J connectivity index is 1.88. The molecule has 0 aliphatic carbocycles. The molecule has 1 saturated heterocycles. The molecule has 1 fully saturated rings. The summed E-state index contributed by atoms with van der Waals surface area (Å²) in [5.74, 6) is -1.29. The lowest BCUT2D eigenvalue weighted by Crippen LogP contribution is -2.56. The molecule has 3 amide bonds. The van der Waals surface area contributed by atoms with E-state index in [1.165, 1.54) is 4.90 Å². The zero-order valence-electron chi connectivity index (χ0n) is 11.0. The first-order chi connectivity index (χ1) is 9.56. The van der Waals surface area contributed by atoms with Crippen molar-refractivity contribution in [3.8, 4) is 0 Å². The van der Waals surface area contributed by atoms with Crippen LogP contribution in [-0.2, 0) is 20.8 Å². The maximum atomic E-state index is 12.1. The Morgan fingerprint density at radius 2 is 1.80 bits per heavy atom. The van der Waals surface area contributed by atoms with Crippen LogP contribution >= 0.6 is 0 Å². The molecular weight excluding hydrogens is 258 g/mol. The third kappa shape index (κ3) is 3.64. The fourth-order valence-corrected chi connectivity index (χ4v) is 2.12. The van der Waals surface area contributed by atoms with Gasteiger partial charge >= 0.3 is 0 Å². The Morgan fingerprint density at radius 3 is 2.40 bits per heavy atom. The molecular formula is C14H17N3O3. The number of imide groups is 1. The smallest absolute Gasteiger partial charge is 0.246 e. The largest absolute Gasteiger partial charge is 0.323 e. The Hall–Kier alpha value is -2.21. The van der Waals surface area contributed by atoms with Gasteiger partial charge in [0.2, 0.25) is 17.7 Å². The van der Waals surface area contributed by atoms with Crippen molar-refractivity contribution in [2.75, 3.05) is 13.1 Å². The molecule has 1 aromatic rings. The van der Waals surface area contributed by atoms with Crippen LogP contribution < -0.4 is 11.1 Å². The molecule has 0 saturated carbocycles.